The maximum Gasteiger partial charge on any atom is 0.320 e. The van der Waals surface area contributed by atoms with Crippen molar-refractivity contribution < 1.29 is 19.1 Å². The van der Waals surface area contributed by atoms with Gasteiger partial charge >= 0.3 is 11.9 Å². The molecule has 0 amide bonds. The summed E-state index contributed by atoms with van der Waals surface area (Å²) in [7, 11) is 0. The van der Waals surface area contributed by atoms with Gasteiger partial charge in [0, 0.05) is 5.02 Å². The molecule has 4 nitrogen and oxygen atoms in total. The second kappa shape index (κ2) is 8.27. The molecular weight excluding hydrogens is 348 g/mol. The lowest BCUT2D eigenvalue weighted by Crippen LogP contribution is -2.31. The molecule has 1 aromatic carbocycles. The number of carbonyl (C=O) groups is 2. The number of halogens is 2. The van der Waals surface area contributed by atoms with E-state index < -0.39 is 22.7 Å². The molecule has 1 aromatic rings. The molecule has 0 aromatic heterocycles. The van der Waals surface area contributed by atoms with Crippen molar-refractivity contribution in [3.8, 4) is 0 Å². The molecule has 1 rings (SSSR count). The van der Waals surface area contributed by atoms with Crippen LogP contribution in [0.25, 0.3) is 0 Å². The van der Waals surface area contributed by atoms with E-state index in [0.29, 0.717) is 10.6 Å². The lowest BCUT2D eigenvalue weighted by molar-refractivity contribution is -0.150. The molecule has 0 bridgehead atoms. The van der Waals surface area contributed by atoms with E-state index in [0.717, 1.165) is 0 Å². The van der Waals surface area contributed by atoms with Crippen molar-refractivity contribution in [1.29, 1.82) is 0 Å². The number of alkyl halides is 1. The minimum absolute atomic E-state index is 0.242. The summed E-state index contributed by atoms with van der Waals surface area (Å²) in [5.74, 6) is -1.75. The van der Waals surface area contributed by atoms with Crippen LogP contribution in [-0.2, 0) is 19.1 Å². The summed E-state index contributed by atoms with van der Waals surface area (Å²) in [4.78, 5) is 23.1. The Hall–Kier alpha value is -1.07. The lowest BCUT2D eigenvalue weighted by atomic mass is 9.96. The fourth-order valence-corrected chi connectivity index (χ4v) is 2.46. The van der Waals surface area contributed by atoms with Gasteiger partial charge in [-0.1, -0.05) is 39.7 Å². The Labute approximate surface area is 131 Å². The van der Waals surface area contributed by atoms with Gasteiger partial charge in [-0.2, -0.15) is 0 Å². The predicted molar refractivity (Wildman–Crippen MR) is 80.2 cm³/mol. The predicted octanol–water partition coefficient (Wildman–Crippen LogP) is 3.31. The smallest absolute Gasteiger partial charge is 0.320 e. The van der Waals surface area contributed by atoms with Gasteiger partial charge in [-0.3, -0.25) is 9.59 Å². The average molecular weight is 364 g/mol. The third kappa shape index (κ3) is 4.49. The molecule has 0 aliphatic carbocycles. The van der Waals surface area contributed by atoms with E-state index in [2.05, 4.69) is 15.9 Å². The minimum Gasteiger partial charge on any atom is -0.465 e. The first-order chi connectivity index (χ1) is 9.51. The molecule has 0 spiro atoms. The van der Waals surface area contributed by atoms with Crippen LogP contribution in [0.4, 0.5) is 0 Å². The molecule has 20 heavy (non-hydrogen) atoms. The third-order valence-corrected chi connectivity index (χ3v) is 3.73. The molecule has 0 heterocycles. The van der Waals surface area contributed by atoms with Crippen molar-refractivity contribution in [2.45, 2.75) is 24.6 Å². The number of carbonyl (C=O) groups excluding carboxylic acids is 2. The summed E-state index contributed by atoms with van der Waals surface area (Å²) in [6.07, 6.45) is 0. The standard InChI is InChI=1S/C14H16BrClO4/c1-3-19-13(17)11(12(15)14(18)20-4-2)9-5-7-10(16)8-6-9/h5-8,11-12H,3-4H2,1-2H3. The van der Waals surface area contributed by atoms with Gasteiger partial charge in [0.2, 0.25) is 0 Å². The number of esters is 2. The molecular formula is C14H16BrClO4. The van der Waals surface area contributed by atoms with Gasteiger partial charge in [0.05, 0.1) is 13.2 Å². The molecule has 0 fully saturated rings. The third-order valence-electron chi connectivity index (χ3n) is 2.57. The molecule has 0 aliphatic rings. The van der Waals surface area contributed by atoms with E-state index >= 15 is 0 Å². The van der Waals surface area contributed by atoms with Crippen LogP contribution in [0.5, 0.6) is 0 Å². The highest BCUT2D eigenvalue weighted by Crippen LogP contribution is 2.28. The monoisotopic (exact) mass is 362 g/mol. The first-order valence-corrected chi connectivity index (χ1v) is 7.53. The van der Waals surface area contributed by atoms with Crippen molar-refractivity contribution in [2.24, 2.45) is 0 Å². The van der Waals surface area contributed by atoms with Gasteiger partial charge < -0.3 is 9.47 Å². The molecule has 2 atom stereocenters. The summed E-state index contributed by atoms with van der Waals surface area (Å²) in [6.45, 7) is 3.91. The van der Waals surface area contributed by atoms with Crippen molar-refractivity contribution in [1.82, 2.24) is 0 Å². The van der Waals surface area contributed by atoms with Crippen molar-refractivity contribution in [2.75, 3.05) is 13.2 Å². The Kier molecular flexibility index (Phi) is 7.02. The first kappa shape index (κ1) is 17.0. The Morgan fingerprint density at radius 3 is 2.10 bits per heavy atom. The Morgan fingerprint density at radius 2 is 1.60 bits per heavy atom. The minimum atomic E-state index is -0.803. The van der Waals surface area contributed by atoms with Gasteiger partial charge in [0.1, 0.15) is 10.7 Å². The molecule has 110 valence electrons. The highest BCUT2D eigenvalue weighted by Gasteiger charge is 2.35. The maximum atomic E-state index is 12.1. The van der Waals surface area contributed by atoms with Crippen LogP contribution >= 0.6 is 27.5 Å². The van der Waals surface area contributed by atoms with Crippen LogP contribution in [0.15, 0.2) is 24.3 Å². The summed E-state index contributed by atoms with van der Waals surface area (Å²) >= 11 is 9.06. The zero-order chi connectivity index (χ0) is 15.1. The van der Waals surface area contributed by atoms with E-state index in [9.17, 15) is 9.59 Å². The Bertz CT molecular complexity index is 461. The molecule has 6 heteroatoms. The van der Waals surface area contributed by atoms with E-state index in [4.69, 9.17) is 21.1 Å². The van der Waals surface area contributed by atoms with Crippen molar-refractivity contribution >= 4 is 39.5 Å². The number of ether oxygens (including phenoxy) is 2. The Morgan fingerprint density at radius 1 is 1.10 bits per heavy atom. The quantitative estimate of drug-likeness (QED) is 0.575. The number of hydrogen-bond acceptors (Lipinski definition) is 4. The fraction of sp³-hybridized carbons (Fsp3) is 0.429. The van der Waals surface area contributed by atoms with Crippen LogP contribution in [0, 0.1) is 0 Å². The number of hydrogen-bond donors (Lipinski definition) is 0. The van der Waals surface area contributed by atoms with Crippen molar-refractivity contribution in [3.05, 3.63) is 34.9 Å². The highest BCUT2D eigenvalue weighted by molar-refractivity contribution is 9.10. The average Bonchev–Trinajstić information content (AvgIpc) is 2.41. The molecule has 0 saturated heterocycles. The molecule has 0 radical (unpaired) electrons. The lowest BCUT2D eigenvalue weighted by Gasteiger charge is -2.20. The Balaban J connectivity index is 3.04. The van der Waals surface area contributed by atoms with Crippen LogP contribution in [0.1, 0.15) is 25.3 Å². The van der Waals surface area contributed by atoms with E-state index in [1.165, 1.54) is 0 Å². The van der Waals surface area contributed by atoms with E-state index in [1.54, 1.807) is 38.1 Å². The SMILES string of the molecule is CCOC(=O)C(Br)C(C(=O)OCC)c1ccc(Cl)cc1. The van der Waals surface area contributed by atoms with Gasteiger partial charge in [0.25, 0.3) is 0 Å². The second-order valence-electron chi connectivity index (χ2n) is 3.94. The second-order valence-corrected chi connectivity index (χ2v) is 5.36. The summed E-state index contributed by atoms with van der Waals surface area (Å²) in [5, 5.41) is 0.554. The molecule has 0 N–H and O–H groups in total. The molecule has 0 aliphatic heterocycles. The van der Waals surface area contributed by atoms with Crippen LogP contribution < -0.4 is 0 Å². The van der Waals surface area contributed by atoms with Gasteiger partial charge in [-0.15, -0.1) is 0 Å². The maximum absolute atomic E-state index is 12.1. The summed E-state index contributed by atoms with van der Waals surface area (Å²) in [5.41, 5.74) is 0.641. The topological polar surface area (TPSA) is 52.6 Å². The summed E-state index contributed by atoms with van der Waals surface area (Å²) in [6, 6.07) is 6.71. The zero-order valence-electron chi connectivity index (χ0n) is 11.3. The van der Waals surface area contributed by atoms with E-state index in [1.807, 2.05) is 0 Å². The normalized spacial score (nSPS) is 13.4. The summed E-state index contributed by atoms with van der Waals surface area (Å²) < 4.78 is 9.97. The number of benzene rings is 1. The highest BCUT2D eigenvalue weighted by atomic mass is 79.9. The van der Waals surface area contributed by atoms with Crippen LogP contribution in [0.2, 0.25) is 5.02 Å². The van der Waals surface area contributed by atoms with Gasteiger partial charge in [-0.05, 0) is 31.5 Å². The molecule has 2 unspecified atom stereocenters. The zero-order valence-corrected chi connectivity index (χ0v) is 13.6. The fourth-order valence-electron chi connectivity index (χ4n) is 1.68. The van der Waals surface area contributed by atoms with Gasteiger partial charge in [0.15, 0.2) is 0 Å². The van der Waals surface area contributed by atoms with E-state index in [-0.39, 0.29) is 13.2 Å². The van der Waals surface area contributed by atoms with Gasteiger partial charge in [-0.25, -0.2) is 0 Å². The first-order valence-electron chi connectivity index (χ1n) is 6.24. The molecule has 0 saturated carbocycles. The van der Waals surface area contributed by atoms with Crippen LogP contribution in [-0.4, -0.2) is 30.0 Å². The van der Waals surface area contributed by atoms with Crippen LogP contribution in [0.3, 0.4) is 0 Å². The number of rotatable bonds is 6. The largest absolute Gasteiger partial charge is 0.465 e. The van der Waals surface area contributed by atoms with Crippen molar-refractivity contribution in [3.63, 3.8) is 0 Å².